The molecule has 0 atom stereocenters. The Labute approximate surface area is 135 Å². The van der Waals surface area contributed by atoms with Gasteiger partial charge in [0.15, 0.2) is 0 Å². The van der Waals surface area contributed by atoms with E-state index in [1.807, 2.05) is 84.0 Å². The molecule has 122 valence electrons. The lowest BCUT2D eigenvalue weighted by Crippen LogP contribution is -2.10. The lowest BCUT2D eigenvalue weighted by atomic mass is 10.2. The van der Waals surface area contributed by atoms with E-state index in [-0.39, 0.29) is 0 Å². The molecule has 0 aliphatic carbocycles. The zero-order valence-electron chi connectivity index (χ0n) is 14.7. The fraction of sp³-hybridized carbons (Fsp3) is 0.316. The van der Waals surface area contributed by atoms with Crippen molar-refractivity contribution in [2.24, 2.45) is 5.73 Å². The van der Waals surface area contributed by atoms with Crippen molar-refractivity contribution in [3.63, 3.8) is 0 Å². The first-order valence-corrected chi connectivity index (χ1v) is 7.97. The number of nitrogens with one attached hydrogen (secondary N) is 1. The third kappa shape index (κ3) is 8.80. The standard InChI is InChI=1S/C13H12N2O.3C2H6/c14-13(16)10-6-8-12(9-7-10)15-11-4-2-1-3-5-11;3*1-2/h1-9,15H,(H2,14,16);3*1-2H3. The Morgan fingerprint density at radius 2 is 1.14 bits per heavy atom. The molecule has 0 fully saturated rings. The summed E-state index contributed by atoms with van der Waals surface area (Å²) in [6.07, 6.45) is 0. The summed E-state index contributed by atoms with van der Waals surface area (Å²) < 4.78 is 0. The van der Waals surface area contributed by atoms with Crippen LogP contribution in [0.4, 0.5) is 11.4 Å². The fourth-order valence-electron chi connectivity index (χ4n) is 1.41. The largest absolute Gasteiger partial charge is 0.366 e. The molecule has 2 aromatic carbocycles. The molecule has 0 bridgehead atoms. The third-order valence-electron chi connectivity index (χ3n) is 2.23. The van der Waals surface area contributed by atoms with Crippen LogP contribution in [0.2, 0.25) is 0 Å². The smallest absolute Gasteiger partial charge is 0.248 e. The van der Waals surface area contributed by atoms with E-state index in [1.54, 1.807) is 12.1 Å². The van der Waals surface area contributed by atoms with Crippen molar-refractivity contribution in [2.45, 2.75) is 41.5 Å². The molecule has 3 heteroatoms. The molecule has 0 saturated carbocycles. The van der Waals surface area contributed by atoms with Crippen LogP contribution in [0.3, 0.4) is 0 Å². The third-order valence-corrected chi connectivity index (χ3v) is 2.23. The van der Waals surface area contributed by atoms with Gasteiger partial charge in [-0.05, 0) is 36.4 Å². The normalized spacial score (nSPS) is 7.91. The number of benzene rings is 2. The van der Waals surface area contributed by atoms with Crippen LogP contribution in [0.5, 0.6) is 0 Å². The second-order valence-electron chi connectivity index (χ2n) is 3.43. The molecule has 3 N–H and O–H groups in total. The van der Waals surface area contributed by atoms with E-state index in [1.165, 1.54) is 0 Å². The van der Waals surface area contributed by atoms with Gasteiger partial charge in [-0.25, -0.2) is 0 Å². The Balaban J connectivity index is 0. The van der Waals surface area contributed by atoms with Crippen molar-refractivity contribution in [2.75, 3.05) is 5.32 Å². The van der Waals surface area contributed by atoms with Crippen molar-refractivity contribution < 1.29 is 4.79 Å². The molecule has 1 amide bonds. The molecule has 22 heavy (non-hydrogen) atoms. The average molecular weight is 302 g/mol. The van der Waals surface area contributed by atoms with Crippen LogP contribution in [0.1, 0.15) is 51.9 Å². The molecule has 0 radical (unpaired) electrons. The van der Waals surface area contributed by atoms with Gasteiger partial charge in [0.2, 0.25) is 5.91 Å². The van der Waals surface area contributed by atoms with Crippen molar-refractivity contribution >= 4 is 17.3 Å². The number of primary amides is 1. The summed E-state index contributed by atoms with van der Waals surface area (Å²) in [4.78, 5) is 10.9. The van der Waals surface area contributed by atoms with Crippen LogP contribution in [0.25, 0.3) is 0 Å². The van der Waals surface area contributed by atoms with Gasteiger partial charge in [0.1, 0.15) is 0 Å². The van der Waals surface area contributed by atoms with Gasteiger partial charge in [-0.3, -0.25) is 4.79 Å². The van der Waals surface area contributed by atoms with Crippen LogP contribution < -0.4 is 11.1 Å². The Bertz CT molecular complexity index is 479. The van der Waals surface area contributed by atoms with Crippen molar-refractivity contribution in [3.8, 4) is 0 Å². The molecular formula is C19H30N2O. The molecule has 0 aliphatic heterocycles. The van der Waals surface area contributed by atoms with Crippen LogP contribution in [0.15, 0.2) is 54.6 Å². The maximum atomic E-state index is 10.9. The van der Waals surface area contributed by atoms with Crippen molar-refractivity contribution in [1.82, 2.24) is 0 Å². The second kappa shape index (κ2) is 15.1. The zero-order chi connectivity index (χ0) is 17.4. The van der Waals surface area contributed by atoms with Gasteiger partial charge in [0, 0.05) is 16.9 Å². The molecule has 0 aromatic heterocycles. The number of nitrogens with two attached hydrogens (primary N) is 1. The number of rotatable bonds is 3. The first kappa shape index (κ1) is 22.0. The van der Waals surface area contributed by atoms with E-state index in [4.69, 9.17) is 5.73 Å². The lowest BCUT2D eigenvalue weighted by molar-refractivity contribution is 0.100. The molecule has 0 spiro atoms. The summed E-state index contributed by atoms with van der Waals surface area (Å²) in [5.74, 6) is -0.411. The van der Waals surface area contributed by atoms with E-state index in [0.29, 0.717) is 5.56 Å². The van der Waals surface area contributed by atoms with Crippen molar-refractivity contribution in [3.05, 3.63) is 60.2 Å². The van der Waals surface area contributed by atoms with Crippen LogP contribution in [-0.4, -0.2) is 5.91 Å². The quantitative estimate of drug-likeness (QED) is 0.774. The predicted molar refractivity (Wildman–Crippen MR) is 98.7 cm³/mol. The summed E-state index contributed by atoms with van der Waals surface area (Å²) in [6, 6.07) is 16.9. The number of anilines is 2. The van der Waals surface area contributed by atoms with Gasteiger partial charge in [0.05, 0.1) is 0 Å². The predicted octanol–water partition coefficient (Wildman–Crippen LogP) is 5.61. The number of amides is 1. The van der Waals surface area contributed by atoms with Gasteiger partial charge >= 0.3 is 0 Å². The van der Waals surface area contributed by atoms with E-state index in [0.717, 1.165) is 11.4 Å². The minimum Gasteiger partial charge on any atom is -0.366 e. The fourth-order valence-corrected chi connectivity index (χ4v) is 1.41. The Morgan fingerprint density at radius 3 is 1.55 bits per heavy atom. The number of hydrogen-bond donors (Lipinski definition) is 2. The first-order valence-electron chi connectivity index (χ1n) is 7.97. The van der Waals surface area contributed by atoms with E-state index < -0.39 is 5.91 Å². The second-order valence-corrected chi connectivity index (χ2v) is 3.43. The van der Waals surface area contributed by atoms with Gasteiger partial charge in [-0.2, -0.15) is 0 Å². The van der Waals surface area contributed by atoms with E-state index >= 15 is 0 Å². The van der Waals surface area contributed by atoms with E-state index in [9.17, 15) is 4.79 Å². The molecule has 0 unspecified atom stereocenters. The highest BCUT2D eigenvalue weighted by molar-refractivity contribution is 5.93. The van der Waals surface area contributed by atoms with Gasteiger partial charge in [0.25, 0.3) is 0 Å². The van der Waals surface area contributed by atoms with Gasteiger partial charge in [-0.15, -0.1) is 0 Å². The zero-order valence-corrected chi connectivity index (χ0v) is 14.7. The molecular weight excluding hydrogens is 272 g/mol. The summed E-state index contributed by atoms with van der Waals surface area (Å²) in [6.45, 7) is 12.0. The Kier molecular flexibility index (Phi) is 15.1. The van der Waals surface area contributed by atoms with Gasteiger partial charge in [-0.1, -0.05) is 59.7 Å². The highest BCUT2D eigenvalue weighted by Crippen LogP contribution is 2.16. The van der Waals surface area contributed by atoms with Crippen LogP contribution >= 0.6 is 0 Å². The summed E-state index contributed by atoms with van der Waals surface area (Å²) in [5, 5.41) is 3.22. The molecule has 0 heterocycles. The molecule has 2 aromatic rings. The highest BCUT2D eigenvalue weighted by Gasteiger charge is 1.99. The highest BCUT2D eigenvalue weighted by atomic mass is 16.1. The molecule has 2 rings (SSSR count). The Hall–Kier alpha value is -2.29. The van der Waals surface area contributed by atoms with Gasteiger partial charge < -0.3 is 11.1 Å². The topological polar surface area (TPSA) is 55.1 Å². The minimum absolute atomic E-state index is 0.411. The molecule has 0 aliphatic rings. The number of para-hydroxylation sites is 1. The average Bonchev–Trinajstić information content (AvgIpc) is 2.61. The summed E-state index contributed by atoms with van der Waals surface area (Å²) >= 11 is 0. The summed E-state index contributed by atoms with van der Waals surface area (Å²) in [7, 11) is 0. The maximum absolute atomic E-state index is 10.9. The van der Waals surface area contributed by atoms with Crippen molar-refractivity contribution in [1.29, 1.82) is 0 Å². The lowest BCUT2D eigenvalue weighted by Gasteiger charge is -2.06. The number of hydrogen-bond acceptors (Lipinski definition) is 2. The monoisotopic (exact) mass is 302 g/mol. The number of carbonyl (C=O) groups excluding carboxylic acids is 1. The minimum atomic E-state index is -0.411. The van der Waals surface area contributed by atoms with E-state index in [2.05, 4.69) is 5.32 Å². The van der Waals surface area contributed by atoms with Crippen LogP contribution in [-0.2, 0) is 0 Å². The SMILES string of the molecule is CC.CC.CC.NC(=O)c1ccc(Nc2ccccc2)cc1. The van der Waals surface area contributed by atoms with Crippen LogP contribution in [0, 0.1) is 0 Å². The maximum Gasteiger partial charge on any atom is 0.248 e. The molecule has 0 saturated heterocycles. The molecule has 3 nitrogen and oxygen atoms in total. The first-order chi connectivity index (χ1) is 10.8. The number of carbonyl (C=O) groups is 1. The Morgan fingerprint density at radius 1 is 0.727 bits per heavy atom. The summed E-state index contributed by atoms with van der Waals surface area (Å²) in [5.41, 5.74) is 7.61.